The molecule has 1 fully saturated rings. The molecule has 1 atom stereocenters. The van der Waals surface area contributed by atoms with Gasteiger partial charge in [0.2, 0.25) is 10.0 Å². The third-order valence-electron chi connectivity index (χ3n) is 7.18. The number of benzene rings is 2. The number of hydrogen-bond donors (Lipinski definition) is 1. The van der Waals surface area contributed by atoms with Crippen molar-refractivity contribution >= 4 is 22.0 Å². The number of carbonyl (C=O) groups excluding carboxylic acids is 2. The highest BCUT2D eigenvalue weighted by molar-refractivity contribution is 7.89. The normalized spacial score (nSPS) is 18.9. The van der Waals surface area contributed by atoms with Crippen LogP contribution in [0.1, 0.15) is 24.1 Å². The number of methoxy groups -OCH3 is 2. The highest BCUT2D eigenvalue weighted by atomic mass is 32.2. The first-order chi connectivity index (χ1) is 19.1. The number of urea groups is 1. The number of piperazine rings is 1. The van der Waals surface area contributed by atoms with Crippen molar-refractivity contribution < 1.29 is 32.2 Å². The lowest BCUT2D eigenvalue weighted by Gasteiger charge is -2.39. The molecule has 1 N–H and O–H groups in total. The summed E-state index contributed by atoms with van der Waals surface area (Å²) in [5.41, 5.74) is 2.43. The molecule has 2 aromatic rings. The second-order valence-corrected chi connectivity index (χ2v) is 11.6. The topological polar surface area (TPSA) is 118 Å². The van der Waals surface area contributed by atoms with Crippen LogP contribution in [0.5, 0.6) is 11.5 Å². The van der Waals surface area contributed by atoms with Gasteiger partial charge in [0, 0.05) is 45.5 Å². The second kappa shape index (κ2) is 12.3. The number of likely N-dealkylation sites (N-methyl/N-ethyl adjacent to an activating group) is 1. The molecule has 0 aliphatic carbocycles. The summed E-state index contributed by atoms with van der Waals surface area (Å²) in [7, 11) is 1.03. The Morgan fingerprint density at radius 2 is 1.65 bits per heavy atom. The SMILES string of the molecule is CCOC(=O)C1=C(CN2CCN(S(=O)(=O)c3ccc(C)cc3)CC2)N(C)C(=O)N[C@H]1c1ccc(OC)c(OC)c1. The van der Waals surface area contributed by atoms with E-state index in [0.29, 0.717) is 41.4 Å². The van der Waals surface area contributed by atoms with E-state index in [1.807, 2.05) is 11.8 Å². The van der Waals surface area contributed by atoms with Gasteiger partial charge in [0.25, 0.3) is 0 Å². The van der Waals surface area contributed by atoms with Gasteiger partial charge in [0.15, 0.2) is 11.5 Å². The van der Waals surface area contributed by atoms with E-state index in [0.717, 1.165) is 5.56 Å². The Bertz CT molecular complexity index is 1380. The molecule has 0 radical (unpaired) electrons. The molecule has 1 saturated heterocycles. The summed E-state index contributed by atoms with van der Waals surface area (Å²) in [6.45, 7) is 5.50. The number of sulfonamides is 1. The van der Waals surface area contributed by atoms with Gasteiger partial charge in [-0.2, -0.15) is 4.31 Å². The number of aryl methyl sites for hydroxylation is 1. The number of nitrogens with zero attached hydrogens (tertiary/aromatic N) is 3. The average Bonchev–Trinajstić information content (AvgIpc) is 2.95. The number of hydrogen-bond acceptors (Lipinski definition) is 8. The summed E-state index contributed by atoms with van der Waals surface area (Å²) in [5, 5.41) is 2.90. The Morgan fingerprint density at radius 3 is 2.25 bits per heavy atom. The van der Waals surface area contributed by atoms with E-state index < -0.39 is 22.0 Å². The van der Waals surface area contributed by atoms with Crippen molar-refractivity contribution in [1.82, 2.24) is 19.4 Å². The van der Waals surface area contributed by atoms with Gasteiger partial charge >= 0.3 is 12.0 Å². The minimum Gasteiger partial charge on any atom is -0.493 e. The molecule has 4 rings (SSSR count). The lowest BCUT2D eigenvalue weighted by Crippen LogP contribution is -2.53. The zero-order valence-electron chi connectivity index (χ0n) is 23.5. The molecule has 11 nitrogen and oxygen atoms in total. The van der Waals surface area contributed by atoms with E-state index in [-0.39, 0.29) is 37.2 Å². The van der Waals surface area contributed by atoms with E-state index in [2.05, 4.69) is 5.32 Å². The Kier molecular flexibility index (Phi) is 9.02. The third kappa shape index (κ3) is 5.93. The molecule has 0 saturated carbocycles. The molecule has 2 aliphatic rings. The summed E-state index contributed by atoms with van der Waals surface area (Å²) in [6, 6.07) is 10.9. The number of rotatable bonds is 9. The summed E-state index contributed by atoms with van der Waals surface area (Å²) in [4.78, 5) is 30.1. The van der Waals surface area contributed by atoms with Crippen LogP contribution in [-0.2, 0) is 19.6 Å². The van der Waals surface area contributed by atoms with Gasteiger partial charge in [-0.05, 0) is 43.7 Å². The standard InChI is InChI=1S/C28H36N4O7S/c1-6-39-27(33)25-22(30(3)28(34)29-26(25)20-9-12-23(37-4)24(17-20)38-5)18-31-13-15-32(16-14-31)40(35,36)21-10-7-19(2)8-11-21/h7-12,17,26H,6,13-16,18H2,1-5H3,(H,29,34)/t26-/m0/s1. The number of ether oxygens (including phenoxy) is 3. The minimum atomic E-state index is -3.62. The van der Waals surface area contributed by atoms with E-state index in [1.165, 1.54) is 23.4 Å². The van der Waals surface area contributed by atoms with E-state index in [9.17, 15) is 18.0 Å². The predicted molar refractivity (Wildman–Crippen MR) is 149 cm³/mol. The van der Waals surface area contributed by atoms with Crippen molar-refractivity contribution in [3.05, 3.63) is 64.9 Å². The predicted octanol–water partition coefficient (Wildman–Crippen LogP) is 2.53. The molecular formula is C28H36N4O7S. The number of esters is 1. The minimum absolute atomic E-state index is 0.168. The molecule has 0 bridgehead atoms. The first-order valence-corrected chi connectivity index (χ1v) is 14.5. The molecule has 12 heteroatoms. The summed E-state index contributed by atoms with van der Waals surface area (Å²) in [5.74, 6) is 0.444. The molecule has 0 spiro atoms. The zero-order chi connectivity index (χ0) is 29.0. The van der Waals surface area contributed by atoms with Gasteiger partial charge in [-0.15, -0.1) is 0 Å². The Labute approximate surface area is 235 Å². The Balaban J connectivity index is 1.62. The van der Waals surface area contributed by atoms with Crippen molar-refractivity contribution in [2.75, 3.05) is 60.6 Å². The fourth-order valence-electron chi connectivity index (χ4n) is 4.88. The van der Waals surface area contributed by atoms with Crippen LogP contribution in [-0.4, -0.2) is 95.1 Å². The third-order valence-corrected chi connectivity index (χ3v) is 9.09. The maximum Gasteiger partial charge on any atom is 0.338 e. The molecule has 2 aliphatic heterocycles. The van der Waals surface area contributed by atoms with Gasteiger partial charge in [-0.25, -0.2) is 18.0 Å². The molecule has 0 unspecified atom stereocenters. The van der Waals surface area contributed by atoms with Crippen LogP contribution in [0.3, 0.4) is 0 Å². The smallest absolute Gasteiger partial charge is 0.338 e. The summed E-state index contributed by atoms with van der Waals surface area (Å²) >= 11 is 0. The molecule has 2 aromatic carbocycles. The van der Waals surface area contributed by atoms with Crippen LogP contribution in [0.2, 0.25) is 0 Å². The quantitative estimate of drug-likeness (QED) is 0.456. The maximum absolute atomic E-state index is 13.3. The van der Waals surface area contributed by atoms with E-state index in [4.69, 9.17) is 14.2 Å². The number of amides is 2. The van der Waals surface area contributed by atoms with Crippen LogP contribution in [0.15, 0.2) is 58.6 Å². The first kappa shape index (κ1) is 29.4. The number of carbonyl (C=O) groups is 2. The van der Waals surface area contributed by atoms with Crippen LogP contribution in [0, 0.1) is 6.92 Å². The monoisotopic (exact) mass is 572 g/mol. The average molecular weight is 573 g/mol. The molecule has 40 heavy (non-hydrogen) atoms. The lowest BCUT2D eigenvalue weighted by atomic mass is 9.94. The molecule has 0 aromatic heterocycles. The van der Waals surface area contributed by atoms with E-state index in [1.54, 1.807) is 56.4 Å². The highest BCUT2D eigenvalue weighted by Gasteiger charge is 2.38. The fraction of sp³-hybridized carbons (Fsp3) is 0.429. The van der Waals surface area contributed by atoms with Crippen LogP contribution in [0.25, 0.3) is 0 Å². The lowest BCUT2D eigenvalue weighted by molar-refractivity contribution is -0.139. The van der Waals surface area contributed by atoms with Crippen LogP contribution >= 0.6 is 0 Å². The van der Waals surface area contributed by atoms with Crippen molar-refractivity contribution in [3.8, 4) is 11.5 Å². The van der Waals surface area contributed by atoms with Crippen molar-refractivity contribution in [2.24, 2.45) is 0 Å². The zero-order valence-corrected chi connectivity index (χ0v) is 24.3. The van der Waals surface area contributed by atoms with E-state index >= 15 is 0 Å². The van der Waals surface area contributed by atoms with Gasteiger partial charge < -0.3 is 19.5 Å². The van der Waals surface area contributed by atoms with Crippen LogP contribution in [0.4, 0.5) is 4.79 Å². The first-order valence-electron chi connectivity index (χ1n) is 13.1. The van der Waals surface area contributed by atoms with Gasteiger partial charge in [-0.3, -0.25) is 9.80 Å². The van der Waals surface area contributed by atoms with Crippen molar-refractivity contribution in [3.63, 3.8) is 0 Å². The van der Waals surface area contributed by atoms with Crippen molar-refractivity contribution in [1.29, 1.82) is 0 Å². The van der Waals surface area contributed by atoms with Gasteiger partial charge in [-0.1, -0.05) is 23.8 Å². The Morgan fingerprint density at radius 1 is 1.00 bits per heavy atom. The molecule has 216 valence electrons. The van der Waals surface area contributed by atoms with Crippen molar-refractivity contribution in [2.45, 2.75) is 24.8 Å². The fourth-order valence-corrected chi connectivity index (χ4v) is 6.30. The molecule has 2 heterocycles. The molecule has 2 amide bonds. The van der Waals surface area contributed by atoms with Crippen LogP contribution < -0.4 is 14.8 Å². The molecular weight excluding hydrogens is 536 g/mol. The largest absolute Gasteiger partial charge is 0.493 e. The van der Waals surface area contributed by atoms with Gasteiger partial charge in [0.05, 0.1) is 37.3 Å². The number of nitrogens with one attached hydrogen (secondary N) is 1. The second-order valence-electron chi connectivity index (χ2n) is 9.63. The summed E-state index contributed by atoms with van der Waals surface area (Å²) < 4.78 is 44.0. The summed E-state index contributed by atoms with van der Waals surface area (Å²) in [6.07, 6.45) is 0. The van der Waals surface area contributed by atoms with Gasteiger partial charge in [0.1, 0.15) is 0 Å². The highest BCUT2D eigenvalue weighted by Crippen LogP contribution is 2.36. The maximum atomic E-state index is 13.3. The Hall–Kier alpha value is -3.61.